The molecule has 1 unspecified atom stereocenters. The van der Waals surface area contributed by atoms with Gasteiger partial charge in [-0.3, -0.25) is 9.69 Å². The largest absolute Gasteiger partial charge is 0.502 e. The molecule has 0 aliphatic carbocycles. The van der Waals surface area contributed by atoms with E-state index in [1.165, 1.54) is 18.7 Å². The lowest BCUT2D eigenvalue weighted by atomic mass is 10.0. The van der Waals surface area contributed by atoms with Gasteiger partial charge in [-0.05, 0) is 60.0 Å². The van der Waals surface area contributed by atoms with Crippen molar-refractivity contribution >= 4 is 32.8 Å². The Labute approximate surface area is 209 Å². The number of rotatable bonds is 9. The fourth-order valence-electron chi connectivity index (χ4n) is 3.99. The van der Waals surface area contributed by atoms with Crippen LogP contribution in [-0.4, -0.2) is 45.0 Å². The summed E-state index contributed by atoms with van der Waals surface area (Å²) in [5.41, 5.74) is 2.94. The summed E-state index contributed by atoms with van der Waals surface area (Å²) in [6.07, 6.45) is 0. The number of anilines is 1. The first-order chi connectivity index (χ1) is 16.8. The molecule has 1 amide bonds. The molecule has 1 N–H and O–H groups in total. The summed E-state index contributed by atoms with van der Waals surface area (Å²) in [6.45, 7) is 3.63. The molecule has 0 saturated heterocycles. The first-order valence-electron chi connectivity index (χ1n) is 11.1. The summed E-state index contributed by atoms with van der Waals surface area (Å²) in [7, 11) is -2.44. The number of carbonyl (C=O) groups excluding carboxylic acids is 1. The molecular formula is C26H27NO6S2. The van der Waals surface area contributed by atoms with Crippen molar-refractivity contribution in [2.45, 2.75) is 25.1 Å². The van der Waals surface area contributed by atoms with Gasteiger partial charge in [0.05, 0.1) is 11.9 Å². The molecule has 1 atom stereocenters. The predicted molar refractivity (Wildman–Crippen MR) is 138 cm³/mol. The highest BCUT2D eigenvalue weighted by molar-refractivity contribution is 7.95. The summed E-state index contributed by atoms with van der Waals surface area (Å²) in [5.74, 6) is -1.13. The van der Waals surface area contributed by atoms with Gasteiger partial charge in [0.25, 0.3) is 5.91 Å². The monoisotopic (exact) mass is 513 g/mol. The number of amides is 1. The molecule has 1 aliphatic heterocycles. The molecule has 7 nitrogen and oxygen atoms in total. The van der Waals surface area contributed by atoms with E-state index >= 15 is 0 Å². The van der Waals surface area contributed by atoms with Crippen LogP contribution in [-0.2, 0) is 19.4 Å². The van der Waals surface area contributed by atoms with Crippen molar-refractivity contribution in [1.82, 2.24) is 0 Å². The van der Waals surface area contributed by atoms with Gasteiger partial charge in [0.2, 0.25) is 0 Å². The van der Waals surface area contributed by atoms with Crippen molar-refractivity contribution in [3.05, 3.63) is 81.6 Å². The molecule has 0 bridgehead atoms. The number of aliphatic hydroxyl groups is 1. The minimum absolute atomic E-state index is 0.242. The lowest BCUT2D eigenvalue weighted by Gasteiger charge is -2.29. The highest BCUT2D eigenvalue weighted by Crippen LogP contribution is 2.46. The summed E-state index contributed by atoms with van der Waals surface area (Å²) in [6, 6.07) is 15.1. The van der Waals surface area contributed by atoms with Crippen molar-refractivity contribution in [3.63, 3.8) is 0 Å². The van der Waals surface area contributed by atoms with E-state index in [1.807, 2.05) is 29.0 Å². The van der Waals surface area contributed by atoms with Gasteiger partial charge in [-0.25, -0.2) is 8.42 Å². The van der Waals surface area contributed by atoms with Crippen LogP contribution < -0.4 is 9.64 Å². The number of para-hydroxylation sites is 1. The number of ether oxygens (including phenoxy) is 2. The number of benzene rings is 2. The van der Waals surface area contributed by atoms with Crippen LogP contribution in [0.3, 0.4) is 0 Å². The zero-order valence-electron chi connectivity index (χ0n) is 19.7. The van der Waals surface area contributed by atoms with E-state index in [2.05, 4.69) is 0 Å². The molecule has 0 radical (unpaired) electrons. The van der Waals surface area contributed by atoms with Crippen molar-refractivity contribution in [3.8, 4) is 16.9 Å². The number of hydrogen-bond donors (Lipinski definition) is 1. The first kappa shape index (κ1) is 25.0. The molecule has 3 aromatic rings. The van der Waals surface area contributed by atoms with Crippen LogP contribution in [0.25, 0.3) is 11.1 Å². The minimum Gasteiger partial charge on any atom is -0.502 e. The van der Waals surface area contributed by atoms with Gasteiger partial charge in [0, 0.05) is 18.4 Å². The number of hydrogen-bond acceptors (Lipinski definition) is 7. The van der Waals surface area contributed by atoms with E-state index in [0.717, 1.165) is 11.1 Å². The Morgan fingerprint density at radius 2 is 1.74 bits per heavy atom. The molecule has 9 heteroatoms. The van der Waals surface area contributed by atoms with Crippen LogP contribution in [0.4, 0.5) is 5.69 Å². The fraction of sp³-hybridized carbons (Fsp3) is 0.269. The second-order valence-electron chi connectivity index (χ2n) is 8.32. The molecule has 0 saturated carbocycles. The molecular weight excluding hydrogens is 486 g/mol. The summed E-state index contributed by atoms with van der Waals surface area (Å²) >= 11 is 1.58. The number of aliphatic hydroxyl groups excluding tert-OH is 1. The van der Waals surface area contributed by atoms with E-state index in [-0.39, 0.29) is 11.5 Å². The van der Waals surface area contributed by atoms with E-state index in [0.29, 0.717) is 23.6 Å². The van der Waals surface area contributed by atoms with Gasteiger partial charge < -0.3 is 14.6 Å². The summed E-state index contributed by atoms with van der Waals surface area (Å²) < 4.78 is 37.7. The van der Waals surface area contributed by atoms with Crippen LogP contribution in [0.2, 0.25) is 0 Å². The van der Waals surface area contributed by atoms with Crippen molar-refractivity contribution in [1.29, 1.82) is 0 Å². The molecule has 1 aromatic heterocycles. The zero-order chi connectivity index (χ0) is 25.2. The molecule has 2 heterocycles. The third-order valence-electron chi connectivity index (χ3n) is 5.85. The van der Waals surface area contributed by atoms with E-state index in [1.54, 1.807) is 54.8 Å². The third kappa shape index (κ3) is 4.71. The maximum atomic E-state index is 13.4. The van der Waals surface area contributed by atoms with E-state index < -0.39 is 32.8 Å². The lowest BCUT2D eigenvalue weighted by molar-refractivity contribution is -0.117. The lowest BCUT2D eigenvalue weighted by Crippen LogP contribution is -2.32. The Morgan fingerprint density at radius 3 is 2.37 bits per heavy atom. The maximum Gasteiger partial charge on any atom is 0.295 e. The van der Waals surface area contributed by atoms with E-state index in [4.69, 9.17) is 9.47 Å². The van der Waals surface area contributed by atoms with Crippen molar-refractivity contribution < 1.29 is 27.8 Å². The average Bonchev–Trinajstić information content (AvgIpc) is 3.47. The highest BCUT2D eigenvalue weighted by Gasteiger charge is 2.48. The molecule has 2 aromatic carbocycles. The van der Waals surface area contributed by atoms with Gasteiger partial charge in [0.1, 0.15) is 23.3 Å². The average molecular weight is 514 g/mol. The zero-order valence-corrected chi connectivity index (χ0v) is 21.3. The Morgan fingerprint density at radius 1 is 1.03 bits per heavy atom. The standard InChI is InChI=1S/C26H27NO6S2/c1-17(2)35(30,31)25-23(21-6-4-5-7-22(21)33-14-13-32-3)27(26(29)24(25)28)20-10-8-18(9-11-20)19-12-15-34-16-19/h4-12,15-17,23,28H,13-14H2,1-3H3. The van der Waals surface area contributed by atoms with Crippen LogP contribution in [0, 0.1) is 0 Å². The molecule has 35 heavy (non-hydrogen) atoms. The van der Waals surface area contributed by atoms with Gasteiger partial charge in [0.15, 0.2) is 15.6 Å². The smallest absolute Gasteiger partial charge is 0.295 e. The van der Waals surface area contributed by atoms with Gasteiger partial charge in [-0.1, -0.05) is 30.3 Å². The van der Waals surface area contributed by atoms with Crippen LogP contribution >= 0.6 is 11.3 Å². The van der Waals surface area contributed by atoms with Crippen LogP contribution in [0.5, 0.6) is 5.75 Å². The van der Waals surface area contributed by atoms with Gasteiger partial charge in [-0.2, -0.15) is 11.3 Å². The Bertz CT molecular complexity index is 1330. The van der Waals surface area contributed by atoms with Crippen LogP contribution in [0.1, 0.15) is 25.5 Å². The van der Waals surface area contributed by atoms with Gasteiger partial charge >= 0.3 is 0 Å². The normalized spacial score (nSPS) is 16.4. The SMILES string of the molecule is COCCOc1ccccc1C1C(S(=O)(=O)C(C)C)=C(O)C(=O)N1c1ccc(-c2ccsc2)cc1. The van der Waals surface area contributed by atoms with Crippen molar-refractivity contribution in [2.24, 2.45) is 0 Å². The Kier molecular flexibility index (Phi) is 7.30. The molecule has 4 rings (SSSR count). The number of nitrogens with zero attached hydrogens (tertiary/aromatic N) is 1. The fourth-order valence-corrected chi connectivity index (χ4v) is 6.06. The Hall–Kier alpha value is -3.14. The van der Waals surface area contributed by atoms with Crippen molar-refractivity contribution in [2.75, 3.05) is 25.2 Å². The Balaban J connectivity index is 1.85. The molecule has 0 spiro atoms. The quantitative estimate of drug-likeness (QED) is 0.399. The topological polar surface area (TPSA) is 93.1 Å². The van der Waals surface area contributed by atoms with Crippen LogP contribution in [0.15, 0.2) is 76.0 Å². The second-order valence-corrected chi connectivity index (χ2v) is 11.6. The molecule has 184 valence electrons. The summed E-state index contributed by atoms with van der Waals surface area (Å²) in [4.78, 5) is 14.4. The minimum atomic E-state index is -3.99. The second kappa shape index (κ2) is 10.2. The van der Waals surface area contributed by atoms with Gasteiger partial charge in [-0.15, -0.1) is 0 Å². The maximum absolute atomic E-state index is 13.4. The molecule has 1 aliphatic rings. The summed E-state index contributed by atoms with van der Waals surface area (Å²) in [5, 5.41) is 14.0. The number of carbonyl (C=O) groups is 1. The highest BCUT2D eigenvalue weighted by atomic mass is 32.2. The van der Waals surface area contributed by atoms with E-state index in [9.17, 15) is 18.3 Å². The number of thiophene rings is 1. The number of methoxy groups -OCH3 is 1. The predicted octanol–water partition coefficient (Wildman–Crippen LogP) is 5.12. The third-order valence-corrected chi connectivity index (χ3v) is 8.80. The number of sulfone groups is 1. The first-order valence-corrected chi connectivity index (χ1v) is 13.6. The molecule has 0 fully saturated rings.